The van der Waals surface area contributed by atoms with Gasteiger partial charge in [0.25, 0.3) is 0 Å². The van der Waals surface area contributed by atoms with E-state index in [0.717, 1.165) is 42.2 Å². The van der Waals surface area contributed by atoms with Gasteiger partial charge in [-0.2, -0.15) is 0 Å². The van der Waals surface area contributed by atoms with E-state index in [0.29, 0.717) is 24.4 Å². The van der Waals surface area contributed by atoms with E-state index in [1.54, 1.807) is 18.0 Å². The van der Waals surface area contributed by atoms with Crippen molar-refractivity contribution in [3.8, 4) is 11.1 Å². The summed E-state index contributed by atoms with van der Waals surface area (Å²) in [6.45, 7) is 4.86. The van der Waals surface area contributed by atoms with Crippen LogP contribution in [0.2, 0.25) is 0 Å². The first-order valence-corrected chi connectivity index (χ1v) is 10.5. The Balaban J connectivity index is 1.41. The van der Waals surface area contributed by atoms with Crippen LogP contribution in [0.25, 0.3) is 11.1 Å². The predicted octanol–water partition coefficient (Wildman–Crippen LogP) is 2.98. The summed E-state index contributed by atoms with van der Waals surface area (Å²) >= 11 is 1.59. The molecule has 0 aromatic heterocycles. The molecule has 0 aliphatic carbocycles. The molecule has 2 heterocycles. The van der Waals surface area contributed by atoms with Gasteiger partial charge in [0.15, 0.2) is 0 Å². The number of anilines is 1. The lowest BCUT2D eigenvalue weighted by atomic mass is 10.0. The molecule has 0 radical (unpaired) electrons. The summed E-state index contributed by atoms with van der Waals surface area (Å²) in [7, 11) is 2.09. The fourth-order valence-electron chi connectivity index (χ4n) is 3.63. The standard InChI is InChI=1S/C22H25FN4OS/c1-25-10-12-26(13-11-25)21-7-4-17(14-20(21)23)16-2-5-19(6-3-16)29-27-9-8-18(15-27)22(24)28/h2-8,14H,9-13,15H2,1H3,(H2,24,28). The summed E-state index contributed by atoms with van der Waals surface area (Å²) in [5, 5.41) is 0. The number of rotatable bonds is 5. The highest BCUT2D eigenvalue weighted by Crippen LogP contribution is 2.31. The molecule has 2 N–H and O–H groups in total. The summed E-state index contributed by atoms with van der Waals surface area (Å²) in [5.41, 5.74) is 8.53. The average molecular weight is 413 g/mol. The average Bonchev–Trinajstić information content (AvgIpc) is 3.18. The van der Waals surface area contributed by atoms with E-state index in [1.165, 1.54) is 0 Å². The molecule has 4 rings (SSSR count). The van der Waals surface area contributed by atoms with Crippen molar-refractivity contribution in [1.29, 1.82) is 0 Å². The normalized spacial score (nSPS) is 18.1. The van der Waals surface area contributed by atoms with E-state index in [2.05, 4.69) is 21.2 Å². The second-order valence-electron chi connectivity index (χ2n) is 7.49. The van der Waals surface area contributed by atoms with E-state index >= 15 is 0 Å². The molecule has 0 saturated carbocycles. The smallest absolute Gasteiger partial charge is 0.245 e. The first-order valence-electron chi connectivity index (χ1n) is 9.75. The Labute approximate surface area is 175 Å². The maximum atomic E-state index is 14.8. The third-order valence-corrected chi connectivity index (χ3v) is 6.44. The number of benzene rings is 2. The summed E-state index contributed by atoms with van der Waals surface area (Å²) in [6.07, 6.45) is 1.87. The zero-order valence-corrected chi connectivity index (χ0v) is 17.3. The highest BCUT2D eigenvalue weighted by Gasteiger charge is 2.19. The van der Waals surface area contributed by atoms with Gasteiger partial charge in [0.2, 0.25) is 5.91 Å². The van der Waals surface area contributed by atoms with Crippen LogP contribution < -0.4 is 10.6 Å². The van der Waals surface area contributed by atoms with Crippen molar-refractivity contribution in [2.24, 2.45) is 5.73 Å². The first kappa shape index (κ1) is 19.9. The minimum atomic E-state index is -0.356. The Hall–Kier alpha value is -2.35. The predicted molar refractivity (Wildman–Crippen MR) is 116 cm³/mol. The van der Waals surface area contributed by atoms with E-state index < -0.39 is 0 Å². The monoisotopic (exact) mass is 412 g/mol. The Morgan fingerprint density at radius 3 is 2.34 bits per heavy atom. The second-order valence-corrected chi connectivity index (χ2v) is 8.66. The number of hydrogen-bond donors (Lipinski definition) is 1. The minimum Gasteiger partial charge on any atom is -0.367 e. The molecule has 1 fully saturated rings. The topological polar surface area (TPSA) is 52.8 Å². The van der Waals surface area contributed by atoms with Gasteiger partial charge < -0.3 is 15.5 Å². The van der Waals surface area contributed by atoms with Gasteiger partial charge in [0.05, 0.1) is 5.69 Å². The number of carbonyl (C=O) groups is 1. The van der Waals surface area contributed by atoms with Gasteiger partial charge in [-0.15, -0.1) is 0 Å². The summed E-state index contributed by atoms with van der Waals surface area (Å²) in [4.78, 5) is 16.7. The molecule has 0 spiro atoms. The third kappa shape index (κ3) is 4.63. The number of halogens is 1. The SMILES string of the molecule is CN1CCN(c2ccc(-c3ccc(SN4CC=C(C(N)=O)C4)cc3)cc2F)CC1. The molecule has 2 aliphatic rings. The number of hydrogen-bond acceptors (Lipinski definition) is 5. The summed E-state index contributed by atoms with van der Waals surface area (Å²) in [6, 6.07) is 13.6. The van der Waals surface area contributed by atoms with Crippen LogP contribution in [-0.4, -0.2) is 61.4 Å². The lowest BCUT2D eigenvalue weighted by Gasteiger charge is -2.34. The van der Waals surface area contributed by atoms with E-state index in [-0.39, 0.29) is 11.7 Å². The Morgan fingerprint density at radius 1 is 1.03 bits per heavy atom. The lowest BCUT2D eigenvalue weighted by Crippen LogP contribution is -2.44. The second kappa shape index (κ2) is 8.57. The van der Waals surface area contributed by atoms with E-state index in [1.807, 2.05) is 42.5 Å². The van der Waals surface area contributed by atoms with Gasteiger partial charge in [0.1, 0.15) is 5.82 Å². The summed E-state index contributed by atoms with van der Waals surface area (Å²) < 4.78 is 16.8. The lowest BCUT2D eigenvalue weighted by molar-refractivity contribution is -0.114. The highest BCUT2D eigenvalue weighted by atomic mass is 32.2. The van der Waals surface area contributed by atoms with Crippen molar-refractivity contribution in [1.82, 2.24) is 9.21 Å². The van der Waals surface area contributed by atoms with Crippen LogP contribution >= 0.6 is 11.9 Å². The molecule has 0 atom stereocenters. The maximum Gasteiger partial charge on any atom is 0.245 e. The van der Waals surface area contributed by atoms with Gasteiger partial charge >= 0.3 is 0 Å². The molecule has 0 bridgehead atoms. The molecule has 5 nitrogen and oxygen atoms in total. The quantitative estimate of drug-likeness (QED) is 0.766. The Kier molecular flexibility index (Phi) is 5.89. The van der Waals surface area contributed by atoms with Crippen LogP contribution in [0.4, 0.5) is 10.1 Å². The zero-order valence-electron chi connectivity index (χ0n) is 16.5. The number of primary amides is 1. The van der Waals surface area contributed by atoms with Crippen LogP contribution in [0, 0.1) is 5.82 Å². The van der Waals surface area contributed by atoms with Crippen molar-refractivity contribution < 1.29 is 9.18 Å². The molecular formula is C22H25FN4OS. The van der Waals surface area contributed by atoms with Gasteiger partial charge in [-0.05, 0) is 54.4 Å². The summed E-state index contributed by atoms with van der Waals surface area (Å²) in [5.74, 6) is -0.530. The number of nitrogens with zero attached hydrogens (tertiary/aromatic N) is 3. The molecule has 2 aromatic rings. The van der Waals surface area contributed by atoms with Crippen LogP contribution in [0.1, 0.15) is 0 Å². The number of amides is 1. The first-order chi connectivity index (χ1) is 14.0. The molecule has 1 amide bonds. The number of nitrogens with two attached hydrogens (primary N) is 1. The van der Waals surface area contributed by atoms with Crippen molar-refractivity contribution in [3.63, 3.8) is 0 Å². The maximum absolute atomic E-state index is 14.8. The minimum absolute atomic E-state index is 0.173. The van der Waals surface area contributed by atoms with E-state index in [9.17, 15) is 9.18 Å². The number of piperazine rings is 1. The third-order valence-electron chi connectivity index (χ3n) is 5.42. The number of carbonyl (C=O) groups excluding carboxylic acids is 1. The van der Waals surface area contributed by atoms with Crippen LogP contribution in [0.3, 0.4) is 0 Å². The molecule has 1 saturated heterocycles. The molecule has 2 aliphatic heterocycles. The molecule has 152 valence electrons. The molecule has 2 aromatic carbocycles. The van der Waals surface area contributed by atoms with Crippen LogP contribution in [0.15, 0.2) is 59.0 Å². The Bertz CT molecular complexity index is 923. The van der Waals surface area contributed by atoms with Crippen LogP contribution in [-0.2, 0) is 4.79 Å². The van der Waals surface area contributed by atoms with Gasteiger partial charge in [-0.3, -0.25) is 4.79 Å². The van der Waals surface area contributed by atoms with Crippen LogP contribution in [0.5, 0.6) is 0 Å². The zero-order chi connectivity index (χ0) is 20.4. The molecule has 0 unspecified atom stereocenters. The van der Waals surface area contributed by atoms with E-state index in [4.69, 9.17) is 5.73 Å². The van der Waals surface area contributed by atoms with Crippen molar-refractivity contribution in [2.45, 2.75) is 4.90 Å². The van der Waals surface area contributed by atoms with Gasteiger partial charge in [-0.25, -0.2) is 8.70 Å². The van der Waals surface area contributed by atoms with Crippen molar-refractivity contribution in [2.75, 3.05) is 51.2 Å². The molecule has 7 heteroatoms. The Morgan fingerprint density at radius 2 is 1.72 bits per heavy atom. The van der Waals surface area contributed by atoms with Crippen molar-refractivity contribution >= 4 is 23.5 Å². The fourth-order valence-corrected chi connectivity index (χ4v) is 4.54. The number of likely N-dealkylation sites (N-methyl/N-ethyl adjacent to an activating group) is 1. The molecule has 29 heavy (non-hydrogen) atoms. The largest absolute Gasteiger partial charge is 0.367 e. The highest BCUT2D eigenvalue weighted by molar-refractivity contribution is 7.97. The van der Waals surface area contributed by atoms with Gasteiger partial charge in [-0.1, -0.05) is 24.3 Å². The van der Waals surface area contributed by atoms with Gasteiger partial charge in [0, 0.05) is 49.7 Å². The fraction of sp³-hybridized carbons (Fsp3) is 0.318. The molecular weight excluding hydrogens is 387 g/mol. The van der Waals surface area contributed by atoms with Crippen molar-refractivity contribution in [3.05, 3.63) is 59.9 Å².